The smallest absolute Gasteiger partial charge is 0.264 e. The number of hydrogen-bond donors (Lipinski definition) is 2. The molecule has 8 nitrogen and oxygen atoms in total. The van der Waals surface area contributed by atoms with Crippen molar-refractivity contribution in [2.45, 2.75) is 37.3 Å². The van der Waals surface area contributed by atoms with Crippen LogP contribution in [0.25, 0.3) is 0 Å². The summed E-state index contributed by atoms with van der Waals surface area (Å²) in [7, 11) is -7.31. The summed E-state index contributed by atoms with van der Waals surface area (Å²) in [4.78, 5) is -0.265. The van der Waals surface area contributed by atoms with Crippen molar-refractivity contribution in [1.29, 1.82) is 0 Å². The molecule has 0 bridgehead atoms. The Morgan fingerprint density at radius 2 is 1.76 bits per heavy atom. The molecule has 1 aromatic rings. The van der Waals surface area contributed by atoms with Crippen LogP contribution < -0.4 is 10.1 Å². The Labute approximate surface area is 149 Å². The van der Waals surface area contributed by atoms with Crippen molar-refractivity contribution in [3.8, 4) is 11.5 Å². The van der Waals surface area contributed by atoms with E-state index in [1.807, 2.05) is 20.8 Å². The maximum absolute atomic E-state index is 11.6. The number of phenolic OH excluding ortho intramolecular Hbond substituents is 1. The molecule has 0 heterocycles. The minimum absolute atomic E-state index is 0.121. The van der Waals surface area contributed by atoms with Crippen molar-refractivity contribution in [1.82, 2.24) is 5.32 Å². The van der Waals surface area contributed by atoms with Crippen molar-refractivity contribution in [2.75, 3.05) is 25.7 Å². The second kappa shape index (κ2) is 7.90. The first-order chi connectivity index (χ1) is 11.2. The number of benzene rings is 1. The van der Waals surface area contributed by atoms with E-state index >= 15 is 0 Å². The number of aromatic hydroxyl groups is 1. The molecular formula is C15H25NO7S2. The molecule has 0 spiro atoms. The van der Waals surface area contributed by atoms with Crippen molar-refractivity contribution in [3.63, 3.8) is 0 Å². The largest absolute Gasteiger partial charge is 0.507 e. The topological polar surface area (TPSA) is 119 Å². The van der Waals surface area contributed by atoms with Gasteiger partial charge in [-0.25, -0.2) is 8.42 Å². The predicted octanol–water partition coefficient (Wildman–Crippen LogP) is 0.907. The van der Waals surface area contributed by atoms with Gasteiger partial charge in [0.05, 0.1) is 6.26 Å². The van der Waals surface area contributed by atoms with Crippen LogP contribution in [0.3, 0.4) is 0 Å². The predicted molar refractivity (Wildman–Crippen MR) is 94.2 cm³/mol. The van der Waals surface area contributed by atoms with E-state index in [1.54, 1.807) is 0 Å². The van der Waals surface area contributed by atoms with Crippen LogP contribution in [0, 0.1) is 0 Å². The molecule has 0 saturated carbocycles. The molecule has 144 valence electrons. The summed E-state index contributed by atoms with van der Waals surface area (Å²) in [6, 6.07) is 3.77. The first-order valence-electron chi connectivity index (χ1n) is 7.46. The molecule has 1 unspecified atom stereocenters. The third kappa shape index (κ3) is 8.52. The monoisotopic (exact) mass is 395 g/mol. The van der Waals surface area contributed by atoms with Crippen LogP contribution in [0.1, 0.15) is 20.8 Å². The molecule has 25 heavy (non-hydrogen) atoms. The number of sulfone groups is 1. The van der Waals surface area contributed by atoms with Gasteiger partial charge in [0.2, 0.25) is 0 Å². The van der Waals surface area contributed by atoms with Gasteiger partial charge in [-0.2, -0.15) is 8.42 Å². The highest BCUT2D eigenvalue weighted by Gasteiger charge is 2.20. The fraction of sp³-hybridized carbons (Fsp3) is 0.600. The maximum atomic E-state index is 11.6. The summed E-state index contributed by atoms with van der Waals surface area (Å²) in [6.45, 7) is 5.86. The fourth-order valence-electron chi connectivity index (χ4n) is 1.86. The van der Waals surface area contributed by atoms with Crippen molar-refractivity contribution in [3.05, 3.63) is 18.2 Å². The molecule has 0 radical (unpaired) electrons. The van der Waals surface area contributed by atoms with E-state index in [1.165, 1.54) is 18.2 Å². The molecule has 1 aromatic carbocycles. The van der Waals surface area contributed by atoms with Crippen LogP contribution in [-0.2, 0) is 24.1 Å². The summed E-state index contributed by atoms with van der Waals surface area (Å²) in [6.07, 6.45) is 1.11. The third-order valence-corrected chi connectivity index (χ3v) is 4.69. The van der Waals surface area contributed by atoms with Crippen LogP contribution >= 0.6 is 0 Å². The van der Waals surface area contributed by atoms with Gasteiger partial charge < -0.3 is 15.2 Å². The summed E-state index contributed by atoms with van der Waals surface area (Å²) < 4.78 is 56.5. The Balaban J connectivity index is 2.88. The second-order valence-electron chi connectivity index (χ2n) is 6.77. The lowest BCUT2D eigenvalue weighted by Crippen LogP contribution is -2.44. The molecule has 10 heteroatoms. The average Bonchev–Trinajstić information content (AvgIpc) is 2.39. The lowest BCUT2D eigenvalue weighted by atomic mass is 10.1. The molecule has 1 rings (SSSR count). The highest BCUT2D eigenvalue weighted by atomic mass is 32.2. The molecule has 1 atom stereocenters. The lowest BCUT2D eigenvalue weighted by molar-refractivity contribution is 0.126. The second-order valence-corrected chi connectivity index (χ2v) is 10.4. The molecule has 0 saturated heterocycles. The van der Waals surface area contributed by atoms with E-state index < -0.39 is 26.1 Å². The van der Waals surface area contributed by atoms with Gasteiger partial charge in [-0.15, -0.1) is 0 Å². The van der Waals surface area contributed by atoms with Crippen LogP contribution in [0.5, 0.6) is 11.5 Å². The Bertz CT molecular complexity index is 796. The van der Waals surface area contributed by atoms with Gasteiger partial charge in [0.15, 0.2) is 9.84 Å². The van der Waals surface area contributed by atoms with Crippen LogP contribution in [0.4, 0.5) is 0 Å². The SMILES string of the molecule is CC(C)(C)NCC(COc1ccc(O)c(S(C)(=O)=O)c1)OS(C)(=O)=O. The number of hydrogen-bond acceptors (Lipinski definition) is 8. The molecule has 2 N–H and O–H groups in total. The molecule has 0 amide bonds. The van der Waals surface area contributed by atoms with Gasteiger partial charge >= 0.3 is 0 Å². The van der Waals surface area contributed by atoms with Gasteiger partial charge in [0, 0.05) is 24.4 Å². The Kier molecular flexibility index (Phi) is 6.85. The quantitative estimate of drug-likeness (QED) is 0.623. The summed E-state index contributed by atoms with van der Waals surface area (Å²) in [5, 5.41) is 12.7. The molecule has 0 fully saturated rings. The average molecular weight is 395 g/mol. The summed E-state index contributed by atoms with van der Waals surface area (Å²) >= 11 is 0. The summed E-state index contributed by atoms with van der Waals surface area (Å²) in [5.41, 5.74) is -0.249. The van der Waals surface area contributed by atoms with E-state index in [2.05, 4.69) is 5.32 Å². The number of nitrogens with one attached hydrogen (secondary N) is 1. The van der Waals surface area contributed by atoms with E-state index in [-0.39, 0.29) is 35.1 Å². The van der Waals surface area contributed by atoms with Crippen LogP contribution in [0.15, 0.2) is 23.1 Å². The van der Waals surface area contributed by atoms with E-state index in [4.69, 9.17) is 8.92 Å². The van der Waals surface area contributed by atoms with Gasteiger partial charge in [-0.05, 0) is 32.9 Å². The highest BCUT2D eigenvalue weighted by molar-refractivity contribution is 7.90. The van der Waals surface area contributed by atoms with Gasteiger partial charge in [0.1, 0.15) is 29.1 Å². The standard InChI is InChI=1S/C15H25NO7S2/c1-15(2,3)16-9-12(23-25(5,20)21)10-22-11-6-7-13(17)14(8-11)24(4,18)19/h6-8,12,16-17H,9-10H2,1-5H3. The Morgan fingerprint density at radius 1 is 1.16 bits per heavy atom. The molecule has 0 aromatic heterocycles. The molecular weight excluding hydrogens is 370 g/mol. The van der Waals surface area contributed by atoms with Crippen molar-refractivity contribution in [2.24, 2.45) is 0 Å². The fourth-order valence-corrected chi connectivity index (χ4v) is 3.25. The first-order valence-corrected chi connectivity index (χ1v) is 11.2. The minimum Gasteiger partial charge on any atom is -0.507 e. The third-order valence-electron chi connectivity index (χ3n) is 2.94. The van der Waals surface area contributed by atoms with Crippen molar-refractivity contribution >= 4 is 20.0 Å². The van der Waals surface area contributed by atoms with Gasteiger partial charge in [-0.3, -0.25) is 4.18 Å². The maximum Gasteiger partial charge on any atom is 0.264 e. The van der Waals surface area contributed by atoms with Gasteiger partial charge in [-0.1, -0.05) is 0 Å². The Morgan fingerprint density at radius 3 is 2.24 bits per heavy atom. The normalized spacial score (nSPS) is 14.3. The lowest BCUT2D eigenvalue weighted by Gasteiger charge is -2.25. The molecule has 0 aliphatic rings. The zero-order valence-electron chi connectivity index (χ0n) is 14.9. The number of phenols is 1. The van der Waals surface area contributed by atoms with Gasteiger partial charge in [0.25, 0.3) is 10.1 Å². The zero-order chi connectivity index (χ0) is 19.5. The first kappa shape index (κ1) is 21.7. The molecule has 0 aliphatic carbocycles. The Hall–Kier alpha value is -1.36. The van der Waals surface area contributed by atoms with Crippen LogP contribution in [0.2, 0.25) is 0 Å². The van der Waals surface area contributed by atoms with E-state index in [0.717, 1.165) is 12.5 Å². The van der Waals surface area contributed by atoms with Crippen molar-refractivity contribution < 1.29 is 30.9 Å². The number of ether oxygens (including phenoxy) is 1. The highest BCUT2D eigenvalue weighted by Crippen LogP contribution is 2.27. The number of rotatable bonds is 8. The van der Waals surface area contributed by atoms with E-state index in [0.29, 0.717) is 0 Å². The zero-order valence-corrected chi connectivity index (χ0v) is 16.6. The summed E-state index contributed by atoms with van der Waals surface area (Å²) in [5.74, 6) is -0.204. The van der Waals surface area contributed by atoms with Crippen LogP contribution in [-0.4, -0.2) is 59.2 Å². The minimum atomic E-state index is -3.69. The van der Waals surface area contributed by atoms with E-state index in [9.17, 15) is 21.9 Å². The molecule has 0 aliphatic heterocycles.